The number of rotatable bonds is 5. The lowest BCUT2D eigenvalue weighted by atomic mass is 10.0. The number of ether oxygens (including phenoxy) is 3. The summed E-state index contributed by atoms with van der Waals surface area (Å²) in [6.45, 7) is 0. The van der Waals surface area contributed by atoms with Crippen LogP contribution in [0.4, 0.5) is 0 Å². The summed E-state index contributed by atoms with van der Waals surface area (Å²) in [7, 11) is 1.46. The number of methoxy groups -OCH3 is 1. The minimum Gasteiger partial charge on any atom is -0.508 e. The Kier molecular flexibility index (Phi) is 5.88. The van der Waals surface area contributed by atoms with Crippen molar-refractivity contribution in [2.24, 2.45) is 0 Å². The molecule has 0 radical (unpaired) electrons. The van der Waals surface area contributed by atoms with Crippen LogP contribution in [0.15, 0.2) is 91.0 Å². The second kappa shape index (κ2) is 9.31. The number of hydrogen-bond acceptors (Lipinski definition) is 7. The van der Waals surface area contributed by atoms with Crippen molar-refractivity contribution in [1.29, 1.82) is 0 Å². The summed E-state index contributed by atoms with van der Waals surface area (Å²) < 4.78 is 17.1. The number of carbonyl (C=O) groups is 2. The van der Waals surface area contributed by atoms with Gasteiger partial charge in [0, 0.05) is 16.2 Å². The van der Waals surface area contributed by atoms with E-state index in [0.717, 1.165) is 5.39 Å². The molecule has 0 spiro atoms. The molecule has 0 fully saturated rings. The Morgan fingerprint density at radius 1 is 0.611 bits per heavy atom. The number of aromatic hydroxyl groups is 2. The van der Waals surface area contributed by atoms with Gasteiger partial charge in [-0.15, -0.1) is 0 Å². The van der Waals surface area contributed by atoms with Gasteiger partial charge in [0.1, 0.15) is 17.2 Å². The predicted octanol–water partition coefficient (Wildman–Crippen LogP) is 5.85. The van der Waals surface area contributed by atoms with Crippen LogP contribution < -0.4 is 14.2 Å². The maximum absolute atomic E-state index is 13.0. The molecule has 0 saturated heterocycles. The van der Waals surface area contributed by atoms with E-state index in [2.05, 4.69) is 0 Å². The molecule has 36 heavy (non-hydrogen) atoms. The summed E-state index contributed by atoms with van der Waals surface area (Å²) in [4.78, 5) is 25.9. The van der Waals surface area contributed by atoms with Crippen molar-refractivity contribution >= 4 is 33.5 Å². The molecule has 0 amide bonds. The van der Waals surface area contributed by atoms with Crippen LogP contribution in [0.5, 0.6) is 28.7 Å². The molecule has 0 saturated carbocycles. The van der Waals surface area contributed by atoms with Gasteiger partial charge in [-0.2, -0.15) is 0 Å². The molecule has 7 nitrogen and oxygen atoms in total. The Labute approximate surface area is 205 Å². The molecule has 2 N–H and O–H groups in total. The van der Waals surface area contributed by atoms with E-state index in [9.17, 15) is 19.8 Å². The van der Waals surface area contributed by atoms with Gasteiger partial charge >= 0.3 is 11.9 Å². The third kappa shape index (κ3) is 4.25. The lowest BCUT2D eigenvalue weighted by molar-refractivity contribution is 0.0724. The largest absolute Gasteiger partial charge is 0.508 e. The van der Waals surface area contributed by atoms with Gasteiger partial charge in [-0.3, -0.25) is 0 Å². The van der Waals surface area contributed by atoms with Crippen LogP contribution in [0.2, 0.25) is 0 Å². The van der Waals surface area contributed by atoms with E-state index >= 15 is 0 Å². The number of phenols is 2. The van der Waals surface area contributed by atoms with Crippen molar-refractivity contribution < 1.29 is 34.0 Å². The van der Waals surface area contributed by atoms with E-state index < -0.39 is 11.9 Å². The first kappa shape index (κ1) is 22.7. The van der Waals surface area contributed by atoms with Gasteiger partial charge in [-0.05, 0) is 72.1 Å². The van der Waals surface area contributed by atoms with Gasteiger partial charge in [0.15, 0.2) is 11.5 Å². The summed E-state index contributed by atoms with van der Waals surface area (Å²) in [6.07, 6.45) is 0. The number of benzene rings is 5. The van der Waals surface area contributed by atoms with Crippen LogP contribution >= 0.6 is 0 Å². The summed E-state index contributed by atoms with van der Waals surface area (Å²) >= 11 is 0. The molecule has 0 heterocycles. The molecule has 178 valence electrons. The highest BCUT2D eigenvalue weighted by molar-refractivity contribution is 6.10. The number of phenolic OH excluding ortho intramolecular Hbond substituents is 2. The highest BCUT2D eigenvalue weighted by Gasteiger charge is 2.21. The topological polar surface area (TPSA) is 102 Å². The fourth-order valence-electron chi connectivity index (χ4n) is 3.93. The lowest BCUT2D eigenvalue weighted by Gasteiger charge is -2.16. The number of carbonyl (C=O) groups excluding carboxylic acids is 2. The Morgan fingerprint density at radius 3 is 1.75 bits per heavy atom. The molecule has 0 aliphatic carbocycles. The van der Waals surface area contributed by atoms with Crippen LogP contribution in [0.25, 0.3) is 21.5 Å². The SMILES string of the molecule is COc1ccc2c(OC(=O)c3ccc(O)cc3)c3ccccc3cc2c1OC(=O)c1ccc(O)cc1. The van der Waals surface area contributed by atoms with E-state index in [1.165, 1.54) is 55.6 Å². The molecule has 0 aliphatic rings. The molecule has 5 aromatic rings. The van der Waals surface area contributed by atoms with Crippen LogP contribution in [0.1, 0.15) is 20.7 Å². The van der Waals surface area contributed by atoms with Crippen LogP contribution in [-0.4, -0.2) is 29.3 Å². The molecule has 0 aliphatic heterocycles. The Hall–Kier alpha value is -5.04. The zero-order valence-electron chi connectivity index (χ0n) is 19.1. The standard InChI is InChI=1S/C29H20O7/c1-34-25-15-14-23-24(27(25)36-29(33)18-8-12-21(31)13-9-18)16-19-4-2-3-5-22(19)26(23)35-28(32)17-6-10-20(30)11-7-17/h2-16,30-31H,1H3. The van der Waals surface area contributed by atoms with Crippen molar-refractivity contribution in [3.8, 4) is 28.7 Å². The van der Waals surface area contributed by atoms with Crippen molar-refractivity contribution in [1.82, 2.24) is 0 Å². The average molecular weight is 480 g/mol. The van der Waals surface area contributed by atoms with Crippen molar-refractivity contribution in [3.05, 3.63) is 102 Å². The van der Waals surface area contributed by atoms with Crippen LogP contribution in [-0.2, 0) is 0 Å². The minimum absolute atomic E-state index is 0.0286. The monoisotopic (exact) mass is 480 g/mol. The fraction of sp³-hybridized carbons (Fsp3) is 0.0345. The fourth-order valence-corrected chi connectivity index (χ4v) is 3.93. The molecule has 0 aromatic heterocycles. The second-order valence-electron chi connectivity index (χ2n) is 7.99. The van der Waals surface area contributed by atoms with Crippen LogP contribution in [0, 0.1) is 0 Å². The highest BCUT2D eigenvalue weighted by atomic mass is 16.6. The predicted molar refractivity (Wildman–Crippen MR) is 134 cm³/mol. The second-order valence-corrected chi connectivity index (χ2v) is 7.99. The van der Waals surface area contributed by atoms with Gasteiger partial charge in [0.05, 0.1) is 18.2 Å². The Balaban J connectivity index is 1.66. The summed E-state index contributed by atoms with van der Waals surface area (Å²) in [5.41, 5.74) is 0.507. The maximum Gasteiger partial charge on any atom is 0.343 e. The molecular weight excluding hydrogens is 460 g/mol. The average Bonchev–Trinajstić information content (AvgIpc) is 2.89. The normalized spacial score (nSPS) is 10.8. The molecule has 7 heteroatoms. The summed E-state index contributed by atoms with van der Waals surface area (Å²) in [5.74, 6) is -0.398. The first-order valence-electron chi connectivity index (χ1n) is 11.0. The quantitative estimate of drug-likeness (QED) is 0.185. The third-order valence-corrected chi connectivity index (χ3v) is 5.73. The number of esters is 2. The lowest BCUT2D eigenvalue weighted by Crippen LogP contribution is -2.11. The van der Waals surface area contributed by atoms with E-state index in [-0.39, 0.29) is 28.4 Å². The first-order chi connectivity index (χ1) is 17.4. The molecule has 0 bridgehead atoms. The van der Waals surface area contributed by atoms with Crippen molar-refractivity contribution in [2.75, 3.05) is 7.11 Å². The highest BCUT2D eigenvalue weighted by Crippen LogP contribution is 2.43. The van der Waals surface area contributed by atoms with E-state index in [4.69, 9.17) is 14.2 Å². The van der Waals surface area contributed by atoms with Crippen molar-refractivity contribution in [2.45, 2.75) is 0 Å². The molecule has 5 rings (SSSR count). The van der Waals surface area contributed by atoms with Gasteiger partial charge in [0.2, 0.25) is 0 Å². The van der Waals surface area contributed by atoms with Crippen LogP contribution in [0.3, 0.4) is 0 Å². The van der Waals surface area contributed by atoms with Gasteiger partial charge in [-0.1, -0.05) is 24.3 Å². The van der Waals surface area contributed by atoms with E-state index in [1.807, 2.05) is 30.3 Å². The van der Waals surface area contributed by atoms with E-state index in [0.29, 0.717) is 27.7 Å². The smallest absolute Gasteiger partial charge is 0.343 e. The molecule has 0 atom stereocenters. The molecule has 0 unspecified atom stereocenters. The van der Waals surface area contributed by atoms with Gasteiger partial charge in [0.25, 0.3) is 0 Å². The minimum atomic E-state index is -0.642. The molecular formula is C29H20O7. The van der Waals surface area contributed by atoms with E-state index in [1.54, 1.807) is 12.1 Å². The number of fused-ring (bicyclic) bond motifs is 2. The summed E-state index contributed by atoms with van der Waals surface area (Å²) in [6, 6.07) is 24.0. The Morgan fingerprint density at radius 2 is 1.17 bits per heavy atom. The zero-order valence-corrected chi connectivity index (χ0v) is 19.1. The third-order valence-electron chi connectivity index (χ3n) is 5.73. The van der Waals surface area contributed by atoms with Crippen molar-refractivity contribution in [3.63, 3.8) is 0 Å². The number of hydrogen-bond donors (Lipinski definition) is 2. The Bertz CT molecular complexity index is 1600. The zero-order chi connectivity index (χ0) is 25.2. The summed E-state index contributed by atoms with van der Waals surface area (Å²) in [5, 5.41) is 21.6. The first-order valence-corrected chi connectivity index (χ1v) is 11.0. The van der Waals surface area contributed by atoms with Gasteiger partial charge in [-0.25, -0.2) is 9.59 Å². The van der Waals surface area contributed by atoms with Gasteiger partial charge < -0.3 is 24.4 Å². The maximum atomic E-state index is 13.0. The molecule has 5 aromatic carbocycles.